The Morgan fingerprint density at radius 2 is 1.76 bits per heavy atom. The van der Waals surface area contributed by atoms with Gasteiger partial charge < -0.3 is 23.7 Å². The number of esters is 1. The fourth-order valence-electron chi connectivity index (χ4n) is 4.49. The number of hydrogen-bond acceptors (Lipinski definition) is 6. The molecule has 1 aromatic carbocycles. The van der Waals surface area contributed by atoms with E-state index in [-0.39, 0.29) is 17.6 Å². The van der Waals surface area contributed by atoms with Gasteiger partial charge in [0.2, 0.25) is 0 Å². The highest BCUT2D eigenvalue weighted by Gasteiger charge is 2.43. The van der Waals surface area contributed by atoms with E-state index in [1.54, 1.807) is 35.6 Å². The van der Waals surface area contributed by atoms with Crippen LogP contribution >= 0.6 is 0 Å². The molecule has 0 atom stereocenters. The second-order valence-electron chi connectivity index (χ2n) is 9.82. The number of hydrogen-bond donors (Lipinski definition) is 0. The molecule has 0 saturated carbocycles. The summed E-state index contributed by atoms with van der Waals surface area (Å²) in [6.07, 6.45) is 1.84. The van der Waals surface area contributed by atoms with E-state index in [0.29, 0.717) is 57.7 Å². The smallest absolute Gasteiger partial charge is 0.410 e. The quantitative estimate of drug-likeness (QED) is 0.556. The number of likely N-dealkylation sites (tertiary alicyclic amines) is 1. The van der Waals surface area contributed by atoms with Gasteiger partial charge in [-0.05, 0) is 77.0 Å². The average Bonchev–Trinajstić information content (AvgIpc) is 2.79. The van der Waals surface area contributed by atoms with Crippen molar-refractivity contribution in [3.63, 3.8) is 0 Å². The molecule has 0 aliphatic carbocycles. The van der Waals surface area contributed by atoms with Gasteiger partial charge in [0.05, 0.1) is 24.6 Å². The molecule has 1 aliphatic rings. The number of carbonyl (C=O) groups is 2. The maximum Gasteiger partial charge on any atom is 0.410 e. The molecule has 0 unspecified atom stereocenters. The zero-order chi connectivity index (χ0) is 24.9. The van der Waals surface area contributed by atoms with Crippen molar-refractivity contribution < 1.29 is 23.8 Å². The molecule has 2 heterocycles. The number of fused-ring (bicyclic) bond motifs is 1. The summed E-state index contributed by atoms with van der Waals surface area (Å²) in [5.74, 6) is 0.454. The van der Waals surface area contributed by atoms with E-state index in [4.69, 9.17) is 14.2 Å². The first-order valence-electron chi connectivity index (χ1n) is 11.9. The standard InChI is InChI=1S/C26H36N2O6/c1-6-33-23(30)26(13-16-27(17-14-26)24(31)34-25(2,3)4)12-7-15-28-21-18-20(32-5)10-8-19(21)9-11-22(28)29/h8-11,18H,6-7,12-17H2,1-5H3. The molecule has 34 heavy (non-hydrogen) atoms. The van der Waals surface area contributed by atoms with E-state index < -0.39 is 11.0 Å². The van der Waals surface area contributed by atoms with E-state index in [0.717, 1.165) is 10.9 Å². The van der Waals surface area contributed by atoms with Crippen molar-refractivity contribution in [1.82, 2.24) is 9.47 Å². The topological polar surface area (TPSA) is 87.1 Å². The Balaban J connectivity index is 1.74. The second kappa shape index (κ2) is 10.5. The van der Waals surface area contributed by atoms with Crippen molar-refractivity contribution in [3.8, 4) is 5.75 Å². The van der Waals surface area contributed by atoms with Gasteiger partial charge in [-0.3, -0.25) is 9.59 Å². The first-order chi connectivity index (χ1) is 16.1. The van der Waals surface area contributed by atoms with Crippen molar-refractivity contribution in [2.24, 2.45) is 5.41 Å². The van der Waals surface area contributed by atoms with Crippen LogP contribution in [0, 0.1) is 5.41 Å². The Hall–Kier alpha value is -3.03. The summed E-state index contributed by atoms with van der Waals surface area (Å²) < 4.78 is 18.0. The summed E-state index contributed by atoms with van der Waals surface area (Å²) in [4.78, 5) is 39.8. The van der Waals surface area contributed by atoms with Crippen molar-refractivity contribution in [2.45, 2.75) is 65.5 Å². The predicted octanol–water partition coefficient (Wildman–Crippen LogP) is 4.37. The Morgan fingerprint density at radius 3 is 2.38 bits per heavy atom. The fourth-order valence-corrected chi connectivity index (χ4v) is 4.49. The third-order valence-electron chi connectivity index (χ3n) is 6.32. The van der Waals surface area contributed by atoms with E-state index in [1.165, 1.54) is 0 Å². The van der Waals surface area contributed by atoms with Gasteiger partial charge in [0, 0.05) is 31.8 Å². The van der Waals surface area contributed by atoms with Crippen molar-refractivity contribution in [3.05, 3.63) is 40.7 Å². The SMILES string of the molecule is CCOC(=O)C1(CCCn2c(=O)ccc3ccc(OC)cc32)CCN(C(=O)OC(C)(C)C)CC1. The Morgan fingerprint density at radius 1 is 1.09 bits per heavy atom. The van der Waals surface area contributed by atoms with Gasteiger partial charge in [-0.2, -0.15) is 0 Å². The molecule has 0 N–H and O–H groups in total. The number of methoxy groups -OCH3 is 1. The lowest BCUT2D eigenvalue weighted by Crippen LogP contribution is -2.48. The molecule has 3 rings (SSSR count). The summed E-state index contributed by atoms with van der Waals surface area (Å²) in [6, 6.07) is 9.02. The summed E-state index contributed by atoms with van der Waals surface area (Å²) in [7, 11) is 1.60. The number of piperidine rings is 1. The summed E-state index contributed by atoms with van der Waals surface area (Å²) in [5.41, 5.74) is -0.538. The van der Waals surface area contributed by atoms with Crippen LogP contribution in [-0.4, -0.2) is 53.9 Å². The molecule has 2 aromatic rings. The van der Waals surface area contributed by atoms with Gasteiger partial charge in [-0.15, -0.1) is 0 Å². The lowest BCUT2D eigenvalue weighted by Gasteiger charge is -2.40. The van der Waals surface area contributed by atoms with Crippen molar-refractivity contribution >= 4 is 23.0 Å². The second-order valence-corrected chi connectivity index (χ2v) is 9.82. The average molecular weight is 473 g/mol. The first-order valence-corrected chi connectivity index (χ1v) is 11.9. The van der Waals surface area contributed by atoms with Crippen LogP contribution in [-0.2, 0) is 20.8 Å². The zero-order valence-corrected chi connectivity index (χ0v) is 20.9. The normalized spacial score (nSPS) is 15.7. The molecule has 1 saturated heterocycles. The number of aryl methyl sites for hydroxylation is 1. The minimum atomic E-state index is -0.680. The van der Waals surface area contributed by atoms with Crippen LogP contribution < -0.4 is 10.3 Å². The van der Waals surface area contributed by atoms with Gasteiger partial charge in [0.1, 0.15) is 11.4 Å². The summed E-state index contributed by atoms with van der Waals surface area (Å²) in [6.45, 7) is 8.94. The lowest BCUT2D eigenvalue weighted by atomic mass is 9.74. The maximum absolute atomic E-state index is 13.0. The number of amides is 1. The van der Waals surface area contributed by atoms with Crippen LogP contribution in [0.4, 0.5) is 4.79 Å². The van der Waals surface area contributed by atoms with Crippen LogP contribution in [0.1, 0.15) is 53.4 Å². The number of rotatable bonds is 7. The lowest BCUT2D eigenvalue weighted by molar-refractivity contribution is -0.159. The minimum Gasteiger partial charge on any atom is -0.497 e. The van der Waals surface area contributed by atoms with Crippen molar-refractivity contribution in [2.75, 3.05) is 26.8 Å². The number of aromatic nitrogens is 1. The predicted molar refractivity (Wildman–Crippen MR) is 130 cm³/mol. The largest absolute Gasteiger partial charge is 0.497 e. The van der Waals surface area contributed by atoms with E-state index in [1.807, 2.05) is 39.0 Å². The fraction of sp³-hybridized carbons (Fsp3) is 0.577. The zero-order valence-electron chi connectivity index (χ0n) is 20.9. The third kappa shape index (κ3) is 5.90. The van der Waals surface area contributed by atoms with E-state index in [2.05, 4.69) is 0 Å². The molecule has 0 bridgehead atoms. The molecule has 1 fully saturated rings. The number of nitrogens with zero attached hydrogens (tertiary/aromatic N) is 2. The monoisotopic (exact) mass is 472 g/mol. The van der Waals surface area contributed by atoms with Crippen LogP contribution in [0.3, 0.4) is 0 Å². The van der Waals surface area contributed by atoms with Crippen LogP contribution in [0.2, 0.25) is 0 Å². The highest BCUT2D eigenvalue weighted by molar-refractivity contribution is 5.80. The maximum atomic E-state index is 13.0. The highest BCUT2D eigenvalue weighted by Crippen LogP contribution is 2.38. The van der Waals surface area contributed by atoms with Gasteiger partial charge in [0.15, 0.2) is 0 Å². The molecule has 0 radical (unpaired) electrons. The Bertz CT molecular complexity index is 1080. The molecule has 8 heteroatoms. The highest BCUT2D eigenvalue weighted by atomic mass is 16.6. The Labute approximate surface area is 200 Å². The summed E-state index contributed by atoms with van der Waals surface area (Å²) in [5, 5.41) is 0.950. The molecule has 8 nitrogen and oxygen atoms in total. The van der Waals surface area contributed by atoms with Crippen molar-refractivity contribution in [1.29, 1.82) is 0 Å². The van der Waals surface area contributed by atoms with Gasteiger partial charge in [0.25, 0.3) is 5.56 Å². The summed E-state index contributed by atoms with van der Waals surface area (Å²) >= 11 is 0. The van der Waals surface area contributed by atoms with Gasteiger partial charge >= 0.3 is 12.1 Å². The third-order valence-corrected chi connectivity index (χ3v) is 6.32. The van der Waals surface area contributed by atoms with Gasteiger partial charge in [-0.25, -0.2) is 4.79 Å². The number of ether oxygens (including phenoxy) is 3. The number of carbonyl (C=O) groups excluding carboxylic acids is 2. The molecular weight excluding hydrogens is 436 g/mol. The minimum absolute atomic E-state index is 0.0920. The van der Waals surface area contributed by atoms with Crippen LogP contribution in [0.25, 0.3) is 10.9 Å². The molecule has 1 aliphatic heterocycles. The van der Waals surface area contributed by atoms with Gasteiger partial charge in [-0.1, -0.05) is 0 Å². The molecule has 1 amide bonds. The first kappa shape index (κ1) is 25.6. The van der Waals surface area contributed by atoms with E-state index in [9.17, 15) is 14.4 Å². The molecule has 1 aromatic heterocycles. The van der Waals surface area contributed by atoms with Crippen LogP contribution in [0.15, 0.2) is 35.1 Å². The van der Waals surface area contributed by atoms with E-state index >= 15 is 0 Å². The number of pyridine rings is 1. The number of benzene rings is 1. The molecule has 186 valence electrons. The molecular formula is C26H36N2O6. The van der Waals surface area contributed by atoms with Crippen LogP contribution in [0.5, 0.6) is 5.75 Å². The Kier molecular flexibility index (Phi) is 7.89. The molecule has 0 spiro atoms.